The zero-order valence-corrected chi connectivity index (χ0v) is 4.59. The van der Waals surface area contributed by atoms with Gasteiger partial charge < -0.3 is 11.5 Å². The van der Waals surface area contributed by atoms with Crippen LogP contribution in [-0.2, 0) is 0 Å². The van der Waals surface area contributed by atoms with Crippen LogP contribution in [0.5, 0.6) is 0 Å². The fourth-order valence-electron chi connectivity index (χ4n) is 0.970. The maximum absolute atomic E-state index is 5.54. The number of rotatable bonds is 0. The molecule has 0 radical (unpaired) electrons. The van der Waals surface area contributed by atoms with Gasteiger partial charge in [-0.1, -0.05) is 6.92 Å². The van der Waals surface area contributed by atoms with Crippen LogP contribution < -0.4 is 11.5 Å². The van der Waals surface area contributed by atoms with E-state index in [-0.39, 0.29) is 12.1 Å². The lowest BCUT2D eigenvalue weighted by atomic mass is 9.77. The van der Waals surface area contributed by atoms with E-state index in [4.69, 9.17) is 11.5 Å². The largest absolute Gasteiger partial charge is 0.326 e. The number of nitrogens with two attached hydrogens (primary N) is 2. The second kappa shape index (κ2) is 1.46. The van der Waals surface area contributed by atoms with Gasteiger partial charge in [-0.15, -0.1) is 0 Å². The molecule has 4 N–H and O–H groups in total. The lowest BCUT2D eigenvalue weighted by Gasteiger charge is -2.37. The Labute approximate surface area is 43.9 Å². The Balaban J connectivity index is 2.29. The molecule has 0 amide bonds. The quantitative estimate of drug-likeness (QED) is 0.438. The van der Waals surface area contributed by atoms with Crippen molar-refractivity contribution in [3.05, 3.63) is 0 Å². The Morgan fingerprint density at radius 3 is 2.00 bits per heavy atom. The second-order valence-corrected chi connectivity index (χ2v) is 2.45. The Hall–Kier alpha value is -0.0800. The fraction of sp³-hybridized carbons (Fsp3) is 1.00. The molecule has 0 aliphatic heterocycles. The van der Waals surface area contributed by atoms with Crippen LogP contribution in [0, 0.1) is 5.92 Å². The Morgan fingerprint density at radius 2 is 2.00 bits per heavy atom. The average Bonchev–Trinajstić information content (AvgIpc) is 1.68. The molecule has 1 aliphatic carbocycles. The van der Waals surface area contributed by atoms with Crippen LogP contribution >= 0.6 is 0 Å². The Morgan fingerprint density at radius 1 is 1.43 bits per heavy atom. The number of hydrogen-bond acceptors (Lipinski definition) is 2. The first kappa shape index (κ1) is 5.06. The minimum atomic E-state index is 0.278. The van der Waals surface area contributed by atoms with Crippen molar-refractivity contribution in [3.63, 3.8) is 0 Å². The van der Waals surface area contributed by atoms with Gasteiger partial charge in [-0.05, 0) is 12.3 Å². The smallest absolute Gasteiger partial charge is 0.0219 e. The van der Waals surface area contributed by atoms with Crippen molar-refractivity contribution < 1.29 is 0 Å². The van der Waals surface area contributed by atoms with Crippen LogP contribution in [0.25, 0.3) is 0 Å². The van der Waals surface area contributed by atoms with Gasteiger partial charge in [0.25, 0.3) is 0 Å². The van der Waals surface area contributed by atoms with Crippen LogP contribution in [0.15, 0.2) is 0 Å². The molecular weight excluding hydrogens is 88.1 g/mol. The SMILES string of the molecule is CC1C[C@@H](N)C1N. The topological polar surface area (TPSA) is 52.0 Å². The third-order valence-corrected chi connectivity index (χ3v) is 1.80. The molecule has 1 rings (SSSR count). The van der Waals surface area contributed by atoms with E-state index in [1.165, 1.54) is 0 Å². The average molecular weight is 100 g/mol. The second-order valence-electron chi connectivity index (χ2n) is 2.45. The molecule has 42 valence electrons. The molecule has 7 heavy (non-hydrogen) atoms. The Kier molecular flexibility index (Phi) is 1.05. The first-order chi connectivity index (χ1) is 3.22. The Bertz CT molecular complexity index is 64.5. The van der Waals surface area contributed by atoms with Gasteiger partial charge in [-0.25, -0.2) is 0 Å². The monoisotopic (exact) mass is 100 g/mol. The highest BCUT2D eigenvalue weighted by Crippen LogP contribution is 2.22. The minimum Gasteiger partial charge on any atom is -0.326 e. The molecule has 2 nitrogen and oxygen atoms in total. The van der Waals surface area contributed by atoms with E-state index in [9.17, 15) is 0 Å². The summed E-state index contributed by atoms with van der Waals surface area (Å²) < 4.78 is 0. The van der Waals surface area contributed by atoms with Crippen molar-refractivity contribution in [3.8, 4) is 0 Å². The highest BCUT2D eigenvalue weighted by molar-refractivity contribution is 4.92. The van der Waals surface area contributed by atoms with Gasteiger partial charge in [0.2, 0.25) is 0 Å². The van der Waals surface area contributed by atoms with Crippen LogP contribution in [0.1, 0.15) is 13.3 Å². The molecule has 1 fully saturated rings. The summed E-state index contributed by atoms with van der Waals surface area (Å²) in [6, 6.07) is 0.565. The molecule has 0 aromatic heterocycles. The van der Waals surface area contributed by atoms with Crippen LogP contribution in [-0.4, -0.2) is 12.1 Å². The molecule has 2 unspecified atom stereocenters. The molecule has 1 aliphatic rings. The van der Waals surface area contributed by atoms with Crippen LogP contribution in [0.3, 0.4) is 0 Å². The van der Waals surface area contributed by atoms with E-state index in [0.29, 0.717) is 5.92 Å². The van der Waals surface area contributed by atoms with Crippen molar-refractivity contribution in [2.45, 2.75) is 25.4 Å². The van der Waals surface area contributed by atoms with E-state index in [1.54, 1.807) is 0 Å². The van der Waals surface area contributed by atoms with E-state index < -0.39 is 0 Å². The summed E-state index contributed by atoms with van der Waals surface area (Å²) in [5.74, 6) is 0.662. The van der Waals surface area contributed by atoms with Crippen LogP contribution in [0.2, 0.25) is 0 Å². The molecule has 0 heterocycles. The molecule has 0 aromatic carbocycles. The zero-order chi connectivity index (χ0) is 5.44. The van der Waals surface area contributed by atoms with Crippen molar-refractivity contribution in [1.82, 2.24) is 0 Å². The maximum Gasteiger partial charge on any atom is 0.0219 e. The summed E-state index contributed by atoms with van der Waals surface area (Å²) in [5.41, 5.74) is 11.0. The molecule has 0 bridgehead atoms. The summed E-state index contributed by atoms with van der Waals surface area (Å²) in [5, 5.41) is 0. The van der Waals surface area contributed by atoms with Gasteiger partial charge in [-0.2, -0.15) is 0 Å². The standard InChI is InChI=1S/C5H12N2/c1-3-2-4(6)5(3)7/h3-5H,2,6-7H2,1H3/t3?,4-,5?/m1/s1. The van der Waals surface area contributed by atoms with Crippen molar-refractivity contribution >= 4 is 0 Å². The molecular formula is C5H12N2. The highest BCUT2D eigenvalue weighted by Gasteiger charge is 2.31. The fourth-order valence-corrected chi connectivity index (χ4v) is 0.970. The molecule has 2 heteroatoms. The lowest BCUT2D eigenvalue weighted by Crippen LogP contribution is -2.56. The maximum atomic E-state index is 5.54. The molecule has 3 atom stereocenters. The summed E-state index contributed by atoms with van der Waals surface area (Å²) in [7, 11) is 0. The third-order valence-electron chi connectivity index (χ3n) is 1.80. The predicted molar refractivity (Wildman–Crippen MR) is 29.7 cm³/mol. The van der Waals surface area contributed by atoms with Gasteiger partial charge >= 0.3 is 0 Å². The van der Waals surface area contributed by atoms with Crippen LogP contribution in [0.4, 0.5) is 0 Å². The molecule has 0 saturated heterocycles. The molecule has 1 saturated carbocycles. The van der Waals surface area contributed by atoms with Crippen molar-refractivity contribution in [2.24, 2.45) is 17.4 Å². The van der Waals surface area contributed by atoms with Crippen molar-refractivity contribution in [2.75, 3.05) is 0 Å². The van der Waals surface area contributed by atoms with Gasteiger partial charge in [0.05, 0.1) is 0 Å². The molecule has 0 spiro atoms. The summed E-state index contributed by atoms with van der Waals surface area (Å²) in [6.45, 7) is 2.13. The van der Waals surface area contributed by atoms with E-state index in [2.05, 4.69) is 6.92 Å². The summed E-state index contributed by atoms with van der Waals surface area (Å²) in [4.78, 5) is 0. The van der Waals surface area contributed by atoms with Crippen molar-refractivity contribution in [1.29, 1.82) is 0 Å². The third kappa shape index (κ3) is 0.640. The van der Waals surface area contributed by atoms with E-state index >= 15 is 0 Å². The van der Waals surface area contributed by atoms with Gasteiger partial charge in [0.15, 0.2) is 0 Å². The normalized spacial score (nSPS) is 51.0. The van der Waals surface area contributed by atoms with Gasteiger partial charge in [0, 0.05) is 12.1 Å². The first-order valence-corrected chi connectivity index (χ1v) is 2.73. The zero-order valence-electron chi connectivity index (χ0n) is 4.59. The molecule has 0 aromatic rings. The van der Waals surface area contributed by atoms with Gasteiger partial charge in [0.1, 0.15) is 0 Å². The summed E-state index contributed by atoms with van der Waals surface area (Å²) in [6.07, 6.45) is 1.11. The minimum absolute atomic E-state index is 0.278. The predicted octanol–water partition coefficient (Wildman–Crippen LogP) is -0.319. The lowest BCUT2D eigenvalue weighted by molar-refractivity contribution is 0.232. The summed E-state index contributed by atoms with van der Waals surface area (Å²) >= 11 is 0. The van der Waals surface area contributed by atoms with Gasteiger partial charge in [-0.3, -0.25) is 0 Å². The highest BCUT2D eigenvalue weighted by atomic mass is 14.8. The first-order valence-electron chi connectivity index (χ1n) is 2.73. The van der Waals surface area contributed by atoms with E-state index in [1.807, 2.05) is 0 Å². The van der Waals surface area contributed by atoms with E-state index in [0.717, 1.165) is 6.42 Å². The number of hydrogen-bond donors (Lipinski definition) is 2.